The van der Waals surface area contributed by atoms with Gasteiger partial charge >= 0.3 is 0 Å². The van der Waals surface area contributed by atoms with Gasteiger partial charge in [0.25, 0.3) is 0 Å². The second kappa shape index (κ2) is 12.6. The van der Waals surface area contributed by atoms with Crippen molar-refractivity contribution < 1.29 is 14.2 Å². The van der Waals surface area contributed by atoms with Crippen molar-refractivity contribution >= 4 is 35.6 Å². The minimum absolute atomic E-state index is 0. The molecule has 1 heterocycles. The van der Waals surface area contributed by atoms with E-state index in [1.165, 1.54) is 5.56 Å². The zero-order valence-corrected chi connectivity index (χ0v) is 20.2. The van der Waals surface area contributed by atoms with E-state index in [4.69, 9.17) is 19.2 Å². The predicted molar refractivity (Wildman–Crippen MR) is 132 cm³/mol. The first-order valence-corrected chi connectivity index (χ1v) is 10.3. The molecular weight excluding hydrogens is 493 g/mol. The number of nitrogens with zero attached hydrogens (tertiary/aromatic N) is 1. The van der Waals surface area contributed by atoms with Gasteiger partial charge in [-0.2, -0.15) is 0 Å². The Morgan fingerprint density at radius 2 is 1.93 bits per heavy atom. The quantitative estimate of drug-likeness (QED) is 0.293. The zero-order valence-electron chi connectivity index (χ0n) is 17.9. The molecule has 2 unspecified atom stereocenters. The fraction of sp³-hybridized carbons (Fsp3) is 0.435. The number of nitrogens with one attached hydrogen (secondary N) is 2. The lowest BCUT2D eigenvalue weighted by atomic mass is 9.95. The summed E-state index contributed by atoms with van der Waals surface area (Å²) >= 11 is 0. The Labute approximate surface area is 196 Å². The van der Waals surface area contributed by atoms with Gasteiger partial charge in [-0.1, -0.05) is 30.3 Å². The molecule has 0 aromatic heterocycles. The summed E-state index contributed by atoms with van der Waals surface area (Å²) in [6.07, 6.45) is 1.12. The molecule has 2 atom stereocenters. The molecule has 164 valence electrons. The lowest BCUT2D eigenvalue weighted by Gasteiger charge is -2.19. The number of anilines is 1. The summed E-state index contributed by atoms with van der Waals surface area (Å²) in [7, 11) is 1.64. The third kappa shape index (κ3) is 6.50. The highest BCUT2D eigenvalue weighted by molar-refractivity contribution is 14.0. The molecule has 6 nitrogen and oxygen atoms in total. The van der Waals surface area contributed by atoms with E-state index in [-0.39, 0.29) is 30.1 Å². The van der Waals surface area contributed by atoms with Gasteiger partial charge in [-0.15, -0.1) is 24.0 Å². The summed E-state index contributed by atoms with van der Waals surface area (Å²) in [5.74, 6) is 2.54. The molecule has 0 amide bonds. The van der Waals surface area contributed by atoms with Crippen molar-refractivity contribution in [1.82, 2.24) is 5.32 Å². The number of halogens is 1. The molecule has 1 fully saturated rings. The van der Waals surface area contributed by atoms with E-state index in [2.05, 4.69) is 41.8 Å². The molecule has 0 radical (unpaired) electrons. The molecule has 2 N–H and O–H groups in total. The Morgan fingerprint density at radius 3 is 2.63 bits per heavy atom. The average molecular weight is 525 g/mol. The van der Waals surface area contributed by atoms with Gasteiger partial charge in [-0.25, -0.2) is 0 Å². The first-order valence-electron chi connectivity index (χ1n) is 10.3. The van der Waals surface area contributed by atoms with E-state index in [9.17, 15) is 0 Å². The third-order valence-electron chi connectivity index (χ3n) is 4.90. The van der Waals surface area contributed by atoms with Gasteiger partial charge in [0, 0.05) is 37.4 Å². The van der Waals surface area contributed by atoms with Crippen LogP contribution in [0.1, 0.15) is 31.9 Å². The van der Waals surface area contributed by atoms with Gasteiger partial charge in [0.2, 0.25) is 0 Å². The Morgan fingerprint density at radius 1 is 1.13 bits per heavy atom. The van der Waals surface area contributed by atoms with Crippen LogP contribution in [0.2, 0.25) is 0 Å². The van der Waals surface area contributed by atoms with Crippen LogP contribution in [-0.4, -0.2) is 39.4 Å². The maximum Gasteiger partial charge on any atom is 0.195 e. The summed E-state index contributed by atoms with van der Waals surface area (Å²) in [6, 6.07) is 16.2. The van der Waals surface area contributed by atoms with Gasteiger partial charge < -0.3 is 24.8 Å². The summed E-state index contributed by atoms with van der Waals surface area (Å²) in [5, 5.41) is 6.69. The van der Waals surface area contributed by atoms with E-state index in [0.29, 0.717) is 30.6 Å². The normalized spacial score (nSPS) is 18.4. The highest BCUT2D eigenvalue weighted by Gasteiger charge is 2.29. The number of methoxy groups -OCH3 is 1. The molecule has 3 rings (SSSR count). The smallest absolute Gasteiger partial charge is 0.195 e. The minimum atomic E-state index is 0. The minimum Gasteiger partial charge on any atom is -0.493 e. The van der Waals surface area contributed by atoms with E-state index in [1.807, 2.05) is 31.2 Å². The molecule has 1 saturated heterocycles. The van der Waals surface area contributed by atoms with E-state index < -0.39 is 0 Å². The molecule has 0 bridgehead atoms. The molecule has 30 heavy (non-hydrogen) atoms. The van der Waals surface area contributed by atoms with Crippen LogP contribution in [0.3, 0.4) is 0 Å². The number of hydrogen-bond donors (Lipinski definition) is 2. The number of hydrogen-bond acceptors (Lipinski definition) is 4. The molecule has 7 heteroatoms. The van der Waals surface area contributed by atoms with Crippen molar-refractivity contribution in [3.05, 3.63) is 54.1 Å². The maximum atomic E-state index is 5.99. The molecule has 0 saturated carbocycles. The van der Waals surface area contributed by atoms with Crippen molar-refractivity contribution in [2.45, 2.75) is 26.4 Å². The average Bonchev–Trinajstić information content (AvgIpc) is 3.22. The molecule has 2 aromatic rings. The van der Waals surface area contributed by atoms with Crippen LogP contribution in [0.25, 0.3) is 0 Å². The third-order valence-corrected chi connectivity index (χ3v) is 4.90. The van der Waals surface area contributed by atoms with Crippen molar-refractivity contribution in [2.75, 3.05) is 38.7 Å². The van der Waals surface area contributed by atoms with Crippen LogP contribution in [0.5, 0.6) is 11.5 Å². The zero-order chi connectivity index (χ0) is 20.5. The topological polar surface area (TPSA) is 64.1 Å². The lowest BCUT2D eigenvalue weighted by molar-refractivity contribution is 0.0926. The Kier molecular flexibility index (Phi) is 10.2. The highest BCUT2D eigenvalue weighted by Crippen LogP contribution is 2.34. The van der Waals surface area contributed by atoms with Gasteiger partial charge in [-0.05, 0) is 38.0 Å². The second-order valence-corrected chi connectivity index (χ2v) is 6.89. The molecule has 2 aromatic carbocycles. The van der Waals surface area contributed by atoms with Crippen LogP contribution in [0, 0.1) is 5.92 Å². The van der Waals surface area contributed by atoms with E-state index >= 15 is 0 Å². The van der Waals surface area contributed by atoms with Crippen LogP contribution in [0.4, 0.5) is 5.69 Å². The van der Waals surface area contributed by atoms with Crippen LogP contribution in [0.15, 0.2) is 53.5 Å². The largest absolute Gasteiger partial charge is 0.493 e. The van der Waals surface area contributed by atoms with Crippen LogP contribution in [-0.2, 0) is 4.74 Å². The molecule has 0 aliphatic carbocycles. The van der Waals surface area contributed by atoms with Gasteiger partial charge in [0.15, 0.2) is 17.5 Å². The fourth-order valence-corrected chi connectivity index (χ4v) is 3.51. The maximum absolute atomic E-state index is 5.99. The summed E-state index contributed by atoms with van der Waals surface area (Å²) in [4.78, 5) is 4.83. The van der Waals surface area contributed by atoms with E-state index in [0.717, 1.165) is 31.2 Å². The van der Waals surface area contributed by atoms with Crippen molar-refractivity contribution in [3.63, 3.8) is 0 Å². The summed E-state index contributed by atoms with van der Waals surface area (Å²) in [5.41, 5.74) is 2.12. The van der Waals surface area contributed by atoms with E-state index in [1.54, 1.807) is 7.11 Å². The van der Waals surface area contributed by atoms with Gasteiger partial charge in [0.1, 0.15) is 0 Å². The fourth-order valence-electron chi connectivity index (χ4n) is 3.51. The van der Waals surface area contributed by atoms with Crippen LogP contribution >= 0.6 is 24.0 Å². The number of aliphatic imine (C=N–C) groups is 1. The number of ether oxygens (including phenoxy) is 3. The Hall–Kier alpha value is -2.00. The standard InChI is InChI=1S/C23H31N3O3.HI/c1-4-24-23(26-19-11-12-20(27-3)21(15-19)28-5-2)25-16-18-13-14-29-22(18)17-9-7-6-8-10-17;/h6-12,15,18,22H,4-5,13-14,16H2,1-3H3,(H2,24,25,26);1H. The number of rotatable bonds is 8. The molecule has 0 spiro atoms. The van der Waals surface area contributed by atoms with Crippen molar-refractivity contribution in [2.24, 2.45) is 10.9 Å². The van der Waals surface area contributed by atoms with Gasteiger partial charge in [0.05, 0.1) is 19.8 Å². The Balaban J connectivity index is 0.00000320. The second-order valence-electron chi connectivity index (χ2n) is 6.89. The summed E-state index contributed by atoms with van der Waals surface area (Å²) < 4.78 is 17.0. The van der Waals surface area contributed by atoms with Gasteiger partial charge in [-0.3, -0.25) is 4.99 Å². The van der Waals surface area contributed by atoms with Crippen molar-refractivity contribution in [3.8, 4) is 11.5 Å². The Bertz CT molecular complexity index is 802. The number of benzene rings is 2. The predicted octanol–water partition coefficient (Wildman–Crippen LogP) is 4.87. The molecular formula is C23H32IN3O3. The highest BCUT2D eigenvalue weighted by atomic mass is 127. The monoisotopic (exact) mass is 525 g/mol. The molecule has 1 aliphatic heterocycles. The number of guanidine groups is 1. The van der Waals surface area contributed by atoms with Crippen LogP contribution < -0.4 is 20.1 Å². The summed E-state index contributed by atoms with van der Waals surface area (Å²) in [6.45, 7) is 6.85. The SMILES string of the molecule is CCNC(=NCC1CCOC1c1ccccc1)Nc1ccc(OC)c(OCC)c1.I. The molecule has 1 aliphatic rings. The first kappa shape index (κ1) is 24.3. The lowest BCUT2D eigenvalue weighted by Crippen LogP contribution is -2.31. The first-order chi connectivity index (χ1) is 14.2. The van der Waals surface area contributed by atoms with Crippen molar-refractivity contribution in [1.29, 1.82) is 0 Å².